The molecule has 0 atom stereocenters. The lowest BCUT2D eigenvalue weighted by molar-refractivity contribution is -0.179. The highest BCUT2D eigenvalue weighted by molar-refractivity contribution is 5.76. The number of nitrogens with zero attached hydrogens (tertiary/aromatic N) is 1. The summed E-state index contributed by atoms with van der Waals surface area (Å²) in [6, 6.07) is 6.30. The highest BCUT2D eigenvalue weighted by atomic mass is 16.5. The first-order valence-electron chi connectivity index (χ1n) is 6.25. The third-order valence-electron chi connectivity index (χ3n) is 4.02. The van der Waals surface area contributed by atoms with Gasteiger partial charge in [-0.2, -0.15) is 0 Å². The molecule has 0 saturated carbocycles. The van der Waals surface area contributed by atoms with Gasteiger partial charge in [-0.25, -0.2) is 0 Å². The van der Waals surface area contributed by atoms with Crippen LogP contribution in [0.5, 0.6) is 0 Å². The molecule has 3 rings (SSSR count). The van der Waals surface area contributed by atoms with Crippen LogP contribution in [0.2, 0.25) is 0 Å². The summed E-state index contributed by atoms with van der Waals surface area (Å²) in [5.41, 5.74) is 3.01. The van der Waals surface area contributed by atoms with E-state index < -0.39 is 11.4 Å². The molecule has 1 fully saturated rings. The minimum absolute atomic E-state index is 0.333. The molecule has 0 spiro atoms. The molecule has 0 radical (unpaired) electrons. The maximum Gasteiger partial charge on any atom is 0.314 e. The van der Waals surface area contributed by atoms with E-state index in [1.807, 2.05) is 6.07 Å². The van der Waals surface area contributed by atoms with E-state index in [0.29, 0.717) is 19.6 Å². The van der Waals surface area contributed by atoms with Crippen molar-refractivity contribution in [3.63, 3.8) is 0 Å². The predicted molar refractivity (Wildman–Crippen MR) is 68.0 cm³/mol. The van der Waals surface area contributed by atoms with Crippen LogP contribution in [0.3, 0.4) is 0 Å². The van der Waals surface area contributed by atoms with Crippen LogP contribution in [0.25, 0.3) is 0 Å². The van der Waals surface area contributed by atoms with Crippen molar-refractivity contribution in [1.82, 2.24) is 0 Å². The molecule has 4 nitrogen and oxygen atoms in total. The van der Waals surface area contributed by atoms with Gasteiger partial charge in [0.15, 0.2) is 0 Å². The molecule has 1 aromatic carbocycles. The monoisotopic (exact) mass is 247 g/mol. The number of aliphatic carboxylic acids is 1. The van der Waals surface area contributed by atoms with Crippen LogP contribution < -0.4 is 4.90 Å². The summed E-state index contributed by atoms with van der Waals surface area (Å²) >= 11 is 0. The molecular weight excluding hydrogens is 230 g/mol. The first kappa shape index (κ1) is 11.5. The Morgan fingerprint density at radius 2 is 2.28 bits per heavy atom. The second kappa shape index (κ2) is 3.99. The van der Waals surface area contributed by atoms with Gasteiger partial charge < -0.3 is 14.7 Å². The van der Waals surface area contributed by atoms with Gasteiger partial charge >= 0.3 is 5.97 Å². The maximum absolute atomic E-state index is 11.3. The van der Waals surface area contributed by atoms with Crippen molar-refractivity contribution in [3.05, 3.63) is 29.3 Å². The molecule has 4 heteroatoms. The maximum atomic E-state index is 11.3. The summed E-state index contributed by atoms with van der Waals surface area (Å²) in [6.07, 6.45) is 1.62. The Balaban J connectivity index is 1.84. The lowest BCUT2D eigenvalue weighted by Crippen LogP contribution is -2.50. The van der Waals surface area contributed by atoms with Gasteiger partial charge in [-0.05, 0) is 30.0 Å². The van der Waals surface area contributed by atoms with Crippen LogP contribution in [0.1, 0.15) is 11.1 Å². The summed E-state index contributed by atoms with van der Waals surface area (Å²) in [4.78, 5) is 13.5. The minimum atomic E-state index is -0.744. The standard InChI is InChI=1S/C14H17NO3/c1-15-5-4-11-6-10(2-3-12(11)15)7-14(13(16)17)8-18-9-14/h2-3,6H,4-5,7-9H2,1H3,(H,16,17). The molecule has 1 saturated heterocycles. The average molecular weight is 247 g/mol. The number of likely N-dealkylation sites (N-methyl/N-ethyl adjacent to an activating group) is 1. The Labute approximate surface area is 106 Å². The molecule has 0 bridgehead atoms. The molecule has 0 unspecified atom stereocenters. The van der Waals surface area contributed by atoms with Crippen LogP contribution in [-0.2, 0) is 22.4 Å². The van der Waals surface area contributed by atoms with Crippen molar-refractivity contribution in [2.75, 3.05) is 31.7 Å². The third-order valence-corrected chi connectivity index (χ3v) is 4.02. The van der Waals surface area contributed by atoms with Gasteiger partial charge in [-0.15, -0.1) is 0 Å². The Morgan fingerprint density at radius 1 is 1.50 bits per heavy atom. The molecule has 1 N–H and O–H groups in total. The first-order chi connectivity index (χ1) is 8.61. The van der Waals surface area contributed by atoms with Crippen molar-refractivity contribution in [3.8, 4) is 0 Å². The molecule has 0 aromatic heterocycles. The number of carboxylic acids is 1. The fourth-order valence-corrected chi connectivity index (χ4v) is 2.77. The molecule has 0 aliphatic carbocycles. The van der Waals surface area contributed by atoms with Crippen molar-refractivity contribution in [2.24, 2.45) is 5.41 Å². The SMILES string of the molecule is CN1CCc2cc(CC3(C(=O)O)COC3)ccc21. The number of rotatable bonds is 3. The van der Waals surface area contributed by atoms with E-state index in [0.717, 1.165) is 18.5 Å². The minimum Gasteiger partial charge on any atom is -0.481 e. The largest absolute Gasteiger partial charge is 0.481 e. The smallest absolute Gasteiger partial charge is 0.314 e. The lowest BCUT2D eigenvalue weighted by Gasteiger charge is -2.37. The molecule has 2 aliphatic heterocycles. The molecule has 2 heterocycles. The Hall–Kier alpha value is -1.55. The number of fused-ring (bicyclic) bond motifs is 1. The number of ether oxygens (including phenoxy) is 1. The Bertz CT molecular complexity index is 494. The molecular formula is C14H17NO3. The van der Waals surface area contributed by atoms with Gasteiger partial charge in [-0.1, -0.05) is 12.1 Å². The molecule has 96 valence electrons. The van der Waals surface area contributed by atoms with Crippen LogP contribution >= 0.6 is 0 Å². The Morgan fingerprint density at radius 3 is 2.89 bits per heavy atom. The van der Waals surface area contributed by atoms with E-state index in [1.165, 1.54) is 11.3 Å². The van der Waals surface area contributed by atoms with E-state index in [2.05, 4.69) is 24.1 Å². The van der Waals surface area contributed by atoms with Gasteiger partial charge in [0, 0.05) is 19.3 Å². The summed E-state index contributed by atoms with van der Waals surface area (Å²) in [5.74, 6) is -0.744. The number of carbonyl (C=O) groups is 1. The fraction of sp³-hybridized carbons (Fsp3) is 0.500. The van der Waals surface area contributed by atoms with Crippen LogP contribution in [0.15, 0.2) is 18.2 Å². The van der Waals surface area contributed by atoms with Crippen molar-refractivity contribution in [1.29, 1.82) is 0 Å². The zero-order valence-electron chi connectivity index (χ0n) is 10.5. The first-order valence-corrected chi connectivity index (χ1v) is 6.25. The van der Waals surface area contributed by atoms with E-state index in [1.54, 1.807) is 0 Å². The van der Waals surface area contributed by atoms with Crippen molar-refractivity contribution < 1.29 is 14.6 Å². The van der Waals surface area contributed by atoms with Crippen LogP contribution in [0.4, 0.5) is 5.69 Å². The second-order valence-electron chi connectivity index (χ2n) is 5.39. The molecule has 1 aromatic rings. The molecule has 2 aliphatic rings. The number of benzene rings is 1. The van der Waals surface area contributed by atoms with E-state index in [9.17, 15) is 9.90 Å². The van der Waals surface area contributed by atoms with Crippen molar-refractivity contribution >= 4 is 11.7 Å². The number of anilines is 1. The normalized spacial score (nSPS) is 20.4. The lowest BCUT2D eigenvalue weighted by atomic mass is 9.79. The van der Waals surface area contributed by atoms with Crippen molar-refractivity contribution in [2.45, 2.75) is 12.8 Å². The van der Waals surface area contributed by atoms with E-state index in [-0.39, 0.29) is 0 Å². The van der Waals surface area contributed by atoms with Gasteiger partial charge in [-0.3, -0.25) is 4.79 Å². The summed E-state index contributed by atoms with van der Waals surface area (Å²) < 4.78 is 5.09. The highest BCUT2D eigenvalue weighted by Crippen LogP contribution is 2.34. The van der Waals surface area contributed by atoms with Gasteiger partial charge in [0.25, 0.3) is 0 Å². The van der Waals surface area contributed by atoms with Crippen LogP contribution in [-0.4, -0.2) is 37.9 Å². The summed E-state index contributed by atoms with van der Waals surface area (Å²) in [6.45, 7) is 1.71. The number of carboxylic acid groups (broad SMARTS) is 1. The van der Waals surface area contributed by atoms with E-state index in [4.69, 9.17) is 4.74 Å². The van der Waals surface area contributed by atoms with Crippen LogP contribution in [0, 0.1) is 5.41 Å². The van der Waals surface area contributed by atoms with E-state index >= 15 is 0 Å². The quantitative estimate of drug-likeness (QED) is 0.875. The molecule has 18 heavy (non-hydrogen) atoms. The summed E-state index contributed by atoms with van der Waals surface area (Å²) in [5, 5.41) is 9.29. The third kappa shape index (κ3) is 1.68. The summed E-state index contributed by atoms with van der Waals surface area (Å²) in [7, 11) is 2.09. The fourth-order valence-electron chi connectivity index (χ4n) is 2.77. The topological polar surface area (TPSA) is 49.8 Å². The molecule has 0 amide bonds. The van der Waals surface area contributed by atoms with Gasteiger partial charge in [0.1, 0.15) is 5.41 Å². The zero-order valence-corrected chi connectivity index (χ0v) is 10.5. The highest BCUT2D eigenvalue weighted by Gasteiger charge is 2.46. The van der Waals surface area contributed by atoms with Gasteiger partial charge in [0.2, 0.25) is 0 Å². The number of hydrogen-bond donors (Lipinski definition) is 1. The van der Waals surface area contributed by atoms with Gasteiger partial charge in [0.05, 0.1) is 13.2 Å². The second-order valence-corrected chi connectivity index (χ2v) is 5.39. The Kier molecular flexibility index (Phi) is 2.55. The number of hydrogen-bond acceptors (Lipinski definition) is 3. The zero-order chi connectivity index (χ0) is 12.8. The predicted octanol–water partition coefficient (Wildman–Crippen LogP) is 1.32. The average Bonchev–Trinajstić information content (AvgIpc) is 2.65.